The summed E-state index contributed by atoms with van der Waals surface area (Å²) in [5, 5.41) is 0.484. The fourth-order valence-corrected chi connectivity index (χ4v) is 4.26. The minimum Gasteiger partial charge on any atom is -0.465 e. The first-order valence-corrected chi connectivity index (χ1v) is 14.1. The number of esters is 2. The van der Waals surface area contributed by atoms with Crippen molar-refractivity contribution in [3.63, 3.8) is 0 Å². The van der Waals surface area contributed by atoms with E-state index in [0.29, 0.717) is 10.6 Å². The molecule has 0 saturated carbocycles. The molecule has 1 fully saturated rings. The van der Waals surface area contributed by atoms with Gasteiger partial charge in [-0.1, -0.05) is 23.7 Å². The summed E-state index contributed by atoms with van der Waals surface area (Å²) in [4.78, 5) is 23.2. The summed E-state index contributed by atoms with van der Waals surface area (Å²) in [5.74, 6) is -2.41. The lowest BCUT2D eigenvalue weighted by atomic mass is 9.91. The predicted octanol–water partition coefficient (Wildman–Crippen LogP) is 1.02. The highest BCUT2D eigenvalue weighted by Gasteiger charge is 2.59. The molecule has 1 aromatic rings. The van der Waals surface area contributed by atoms with Crippen LogP contribution in [0.15, 0.2) is 24.3 Å². The largest absolute Gasteiger partial charge is 0.465 e. The van der Waals surface area contributed by atoms with Gasteiger partial charge in [-0.15, -0.1) is 0 Å². The molecule has 0 radical (unpaired) electrons. The maximum Gasteiger partial charge on any atom is 0.304 e. The first kappa shape index (κ1) is 29.4. The minimum absolute atomic E-state index is 0.0753. The molecule has 1 aromatic carbocycles. The Hall–Kier alpha value is -1.81. The van der Waals surface area contributed by atoms with E-state index in [0.717, 1.165) is 26.4 Å². The SMILES string of the molecule is CC(=O)OC[C@H]1[C@H](OC(C)=O)OC(COS(C)(=O)=O)(COS(C)(=O)=O)[C@H]1OCc1ccc(Cl)cc1. The first-order valence-electron chi connectivity index (χ1n) is 10.1. The van der Waals surface area contributed by atoms with Crippen LogP contribution in [0.5, 0.6) is 0 Å². The number of halogens is 1. The van der Waals surface area contributed by atoms with Crippen molar-refractivity contribution in [3.8, 4) is 0 Å². The van der Waals surface area contributed by atoms with Crippen LogP contribution in [0.2, 0.25) is 5.02 Å². The second-order valence-corrected chi connectivity index (χ2v) is 11.6. The van der Waals surface area contributed by atoms with E-state index in [-0.39, 0.29) is 13.2 Å². The van der Waals surface area contributed by atoms with Crippen molar-refractivity contribution in [2.75, 3.05) is 32.3 Å². The van der Waals surface area contributed by atoms with Crippen LogP contribution < -0.4 is 0 Å². The molecule has 35 heavy (non-hydrogen) atoms. The van der Waals surface area contributed by atoms with E-state index in [9.17, 15) is 26.4 Å². The molecule has 0 N–H and O–H groups in total. The summed E-state index contributed by atoms with van der Waals surface area (Å²) >= 11 is 5.91. The Bertz CT molecular complexity index is 1070. The molecule has 0 aromatic heterocycles. The summed E-state index contributed by atoms with van der Waals surface area (Å²) in [7, 11) is -8.06. The molecular weight excluding hydrogens is 532 g/mol. The number of ether oxygens (including phenoxy) is 4. The van der Waals surface area contributed by atoms with Gasteiger partial charge in [-0.25, -0.2) is 0 Å². The van der Waals surface area contributed by atoms with Crippen molar-refractivity contribution in [1.29, 1.82) is 0 Å². The van der Waals surface area contributed by atoms with Crippen LogP contribution in [0.3, 0.4) is 0 Å². The zero-order valence-electron chi connectivity index (χ0n) is 19.5. The van der Waals surface area contributed by atoms with Crippen LogP contribution in [0, 0.1) is 5.92 Å². The Morgan fingerprint density at radius 3 is 1.97 bits per heavy atom. The van der Waals surface area contributed by atoms with Crippen LogP contribution in [-0.2, 0) is 63.7 Å². The molecule has 1 saturated heterocycles. The van der Waals surface area contributed by atoms with E-state index in [1.54, 1.807) is 24.3 Å². The highest BCUT2D eigenvalue weighted by atomic mass is 35.5. The number of rotatable bonds is 12. The molecule has 0 spiro atoms. The number of hydrogen-bond acceptors (Lipinski definition) is 12. The molecule has 12 nitrogen and oxygen atoms in total. The summed E-state index contributed by atoms with van der Waals surface area (Å²) in [6.07, 6.45) is -1.05. The van der Waals surface area contributed by atoms with Gasteiger partial charge in [0.2, 0.25) is 6.29 Å². The van der Waals surface area contributed by atoms with Crippen molar-refractivity contribution < 1.29 is 53.7 Å². The van der Waals surface area contributed by atoms with E-state index < -0.39 is 69.3 Å². The van der Waals surface area contributed by atoms with Gasteiger partial charge in [0.25, 0.3) is 20.2 Å². The van der Waals surface area contributed by atoms with Gasteiger partial charge >= 0.3 is 11.9 Å². The second-order valence-electron chi connectivity index (χ2n) is 7.92. The third-order valence-electron chi connectivity index (χ3n) is 4.75. The van der Waals surface area contributed by atoms with Gasteiger partial charge in [0.05, 0.1) is 25.0 Å². The third kappa shape index (κ3) is 9.63. The number of benzene rings is 1. The Kier molecular flexibility index (Phi) is 10.0. The Balaban J connectivity index is 2.50. The van der Waals surface area contributed by atoms with Crippen LogP contribution >= 0.6 is 11.6 Å². The zero-order valence-corrected chi connectivity index (χ0v) is 21.9. The minimum atomic E-state index is -4.03. The molecule has 1 aliphatic rings. The average molecular weight is 559 g/mol. The van der Waals surface area contributed by atoms with Crippen molar-refractivity contribution in [3.05, 3.63) is 34.9 Å². The van der Waals surface area contributed by atoms with Crippen molar-refractivity contribution in [2.45, 2.75) is 38.4 Å². The molecule has 0 unspecified atom stereocenters. The summed E-state index contributed by atoms with van der Waals surface area (Å²) < 4.78 is 79.1. The van der Waals surface area contributed by atoms with E-state index >= 15 is 0 Å². The fourth-order valence-electron chi connectivity index (χ4n) is 3.30. The van der Waals surface area contributed by atoms with Crippen LogP contribution in [0.4, 0.5) is 0 Å². The van der Waals surface area contributed by atoms with E-state index in [2.05, 4.69) is 0 Å². The number of carbonyl (C=O) groups excluding carboxylic acids is 2. The van der Waals surface area contributed by atoms with Gasteiger partial charge in [-0.3, -0.25) is 18.0 Å². The fraction of sp³-hybridized carbons (Fsp3) is 0.600. The van der Waals surface area contributed by atoms with E-state index in [1.165, 1.54) is 0 Å². The summed E-state index contributed by atoms with van der Waals surface area (Å²) in [5.41, 5.74) is -1.25. The molecular formula is C20H27ClO12S2. The monoisotopic (exact) mass is 558 g/mol. The quantitative estimate of drug-likeness (QED) is 0.265. The van der Waals surface area contributed by atoms with Crippen LogP contribution in [-0.4, -0.2) is 79.1 Å². The average Bonchev–Trinajstić information content (AvgIpc) is 3.00. The van der Waals surface area contributed by atoms with E-state index in [4.69, 9.17) is 38.9 Å². The van der Waals surface area contributed by atoms with E-state index in [1.807, 2.05) is 0 Å². The Labute approximate surface area is 209 Å². The lowest BCUT2D eigenvalue weighted by Gasteiger charge is -2.33. The van der Waals surface area contributed by atoms with Crippen LogP contribution in [0.1, 0.15) is 19.4 Å². The lowest BCUT2D eigenvalue weighted by Crippen LogP contribution is -2.52. The van der Waals surface area contributed by atoms with Gasteiger partial charge in [-0.2, -0.15) is 16.8 Å². The van der Waals surface area contributed by atoms with Crippen molar-refractivity contribution in [2.24, 2.45) is 5.92 Å². The highest BCUT2D eigenvalue weighted by molar-refractivity contribution is 7.86. The Morgan fingerprint density at radius 2 is 1.51 bits per heavy atom. The Morgan fingerprint density at radius 1 is 0.971 bits per heavy atom. The summed E-state index contributed by atoms with van der Waals surface area (Å²) in [6, 6.07) is 6.58. The molecule has 0 bridgehead atoms. The topological polar surface area (TPSA) is 158 Å². The molecule has 1 heterocycles. The zero-order chi connectivity index (χ0) is 26.4. The third-order valence-corrected chi connectivity index (χ3v) is 6.09. The van der Waals surface area contributed by atoms with Gasteiger partial charge in [0.1, 0.15) is 31.5 Å². The molecule has 0 aliphatic carbocycles. The predicted molar refractivity (Wildman–Crippen MR) is 121 cm³/mol. The first-order chi connectivity index (χ1) is 16.1. The van der Waals surface area contributed by atoms with Crippen molar-refractivity contribution >= 4 is 43.8 Å². The molecule has 2 rings (SSSR count). The molecule has 1 aliphatic heterocycles. The van der Waals surface area contributed by atoms with Gasteiger partial charge in [0, 0.05) is 18.9 Å². The smallest absolute Gasteiger partial charge is 0.304 e. The summed E-state index contributed by atoms with van der Waals surface area (Å²) in [6.45, 7) is 0.330. The van der Waals surface area contributed by atoms with Gasteiger partial charge in [-0.05, 0) is 17.7 Å². The highest BCUT2D eigenvalue weighted by Crippen LogP contribution is 2.40. The number of hydrogen-bond donors (Lipinski definition) is 0. The number of carbonyl (C=O) groups is 2. The second kappa shape index (κ2) is 12.0. The molecule has 0 amide bonds. The van der Waals surface area contributed by atoms with Gasteiger partial charge in [0.15, 0.2) is 0 Å². The molecule has 15 heteroatoms. The maximum absolute atomic E-state index is 11.8. The standard InChI is InChI=1S/C20H27ClO12S2/c1-13(22)28-10-17-18(29-9-15-5-7-16(21)8-6-15)20(11-30-34(3,24)25,12-31-35(4,26)27)33-19(17)32-14(2)23/h5-8,17-19H,9-12H2,1-4H3/t17-,18+,19-/m1/s1. The molecule has 198 valence electrons. The van der Waals surface area contributed by atoms with Gasteiger partial charge < -0.3 is 18.9 Å². The maximum atomic E-state index is 11.8. The van der Waals surface area contributed by atoms with Crippen molar-refractivity contribution in [1.82, 2.24) is 0 Å². The molecule has 3 atom stereocenters. The lowest BCUT2D eigenvalue weighted by molar-refractivity contribution is -0.206. The normalized spacial score (nSPS) is 22.0. The van der Waals surface area contributed by atoms with Crippen LogP contribution in [0.25, 0.3) is 0 Å².